The normalized spacial score (nSPS) is 46.9. The van der Waals surface area contributed by atoms with Crippen LogP contribution in [-0.2, 0) is 4.79 Å². The summed E-state index contributed by atoms with van der Waals surface area (Å²) in [6.45, 7) is 0. The Bertz CT molecular complexity index is 272. The highest BCUT2D eigenvalue weighted by molar-refractivity contribution is 5.71. The quantitative estimate of drug-likeness (QED) is 0.769. The van der Waals surface area contributed by atoms with E-state index in [-0.39, 0.29) is 0 Å². The maximum Gasteiger partial charge on any atom is 0.332 e. The third-order valence-corrected chi connectivity index (χ3v) is 5.20. The van der Waals surface area contributed by atoms with Gasteiger partial charge in [0.15, 0.2) is 6.10 Å². The summed E-state index contributed by atoms with van der Waals surface area (Å²) >= 11 is 0. The maximum atomic E-state index is 10.7. The minimum Gasteiger partial charge on any atom is -0.479 e. The molecule has 0 aromatic rings. The second-order valence-corrected chi connectivity index (χ2v) is 6.18. The molecule has 2 N–H and O–H groups in total. The van der Waals surface area contributed by atoms with Crippen molar-refractivity contribution in [2.24, 2.45) is 29.6 Å². The van der Waals surface area contributed by atoms with E-state index in [4.69, 9.17) is 5.11 Å². The molecular weight excluding hydrogens is 204 g/mol. The number of carbonyl (C=O) groups is 1. The third-order valence-electron chi connectivity index (χ3n) is 5.20. The first-order chi connectivity index (χ1) is 7.63. The Morgan fingerprint density at radius 2 is 1.56 bits per heavy atom. The van der Waals surface area contributed by atoms with Crippen LogP contribution in [0.3, 0.4) is 0 Å². The third kappa shape index (κ3) is 1.65. The zero-order valence-corrected chi connectivity index (χ0v) is 9.51. The molecule has 0 heterocycles. The van der Waals surface area contributed by atoms with Gasteiger partial charge in [0.2, 0.25) is 0 Å². The van der Waals surface area contributed by atoms with Gasteiger partial charge in [-0.3, -0.25) is 0 Å². The fourth-order valence-corrected chi connectivity index (χ4v) is 4.78. The lowest BCUT2D eigenvalue weighted by atomic mass is 9.51. The summed E-state index contributed by atoms with van der Waals surface area (Å²) in [6, 6.07) is 0. The first kappa shape index (κ1) is 10.6. The van der Waals surface area contributed by atoms with E-state index in [1.54, 1.807) is 0 Å². The summed E-state index contributed by atoms with van der Waals surface area (Å²) in [4.78, 5) is 10.7. The molecule has 16 heavy (non-hydrogen) atoms. The first-order valence-electron chi connectivity index (χ1n) is 6.54. The zero-order valence-electron chi connectivity index (χ0n) is 9.51. The van der Waals surface area contributed by atoms with Crippen molar-refractivity contribution >= 4 is 5.97 Å². The van der Waals surface area contributed by atoms with Crippen molar-refractivity contribution < 1.29 is 15.0 Å². The van der Waals surface area contributed by atoms with Crippen molar-refractivity contribution in [2.75, 3.05) is 0 Å². The Morgan fingerprint density at radius 1 is 1.06 bits per heavy atom. The number of rotatable bonds is 3. The summed E-state index contributed by atoms with van der Waals surface area (Å²) < 4.78 is 0. The maximum absolute atomic E-state index is 10.7. The van der Waals surface area contributed by atoms with E-state index in [1.807, 2.05) is 0 Å². The minimum absolute atomic E-state index is 0.485. The van der Waals surface area contributed by atoms with Crippen LogP contribution in [0.2, 0.25) is 0 Å². The van der Waals surface area contributed by atoms with Crippen LogP contribution < -0.4 is 0 Å². The lowest BCUT2D eigenvalue weighted by Crippen LogP contribution is -2.46. The number of carboxylic acids is 1. The molecule has 3 heteroatoms. The van der Waals surface area contributed by atoms with Gasteiger partial charge in [0, 0.05) is 0 Å². The van der Waals surface area contributed by atoms with E-state index in [9.17, 15) is 9.90 Å². The second kappa shape index (κ2) is 3.73. The zero-order chi connectivity index (χ0) is 11.3. The summed E-state index contributed by atoms with van der Waals surface area (Å²) in [7, 11) is 0. The molecule has 4 saturated carbocycles. The second-order valence-electron chi connectivity index (χ2n) is 6.18. The highest BCUT2D eigenvalue weighted by Gasteiger charge is 2.48. The van der Waals surface area contributed by atoms with Gasteiger partial charge < -0.3 is 10.2 Å². The van der Waals surface area contributed by atoms with Crippen molar-refractivity contribution in [3.63, 3.8) is 0 Å². The summed E-state index contributed by atoms with van der Waals surface area (Å²) in [6.07, 6.45) is 5.95. The van der Waals surface area contributed by atoms with Gasteiger partial charge in [-0.25, -0.2) is 4.79 Å². The highest BCUT2D eigenvalue weighted by Crippen LogP contribution is 2.57. The summed E-state index contributed by atoms with van der Waals surface area (Å²) in [5.41, 5.74) is 0. The molecule has 4 bridgehead atoms. The van der Waals surface area contributed by atoms with Gasteiger partial charge in [-0.05, 0) is 68.1 Å². The molecule has 0 aromatic heterocycles. The topological polar surface area (TPSA) is 57.5 Å². The monoisotopic (exact) mass is 224 g/mol. The number of aliphatic carboxylic acids is 1. The largest absolute Gasteiger partial charge is 0.479 e. The molecule has 0 amide bonds. The van der Waals surface area contributed by atoms with Gasteiger partial charge in [0.1, 0.15) is 0 Å². The van der Waals surface area contributed by atoms with E-state index in [1.165, 1.54) is 32.1 Å². The Labute approximate surface area is 95.9 Å². The number of aliphatic hydroxyl groups excluding tert-OH is 1. The molecule has 90 valence electrons. The van der Waals surface area contributed by atoms with Crippen molar-refractivity contribution in [3.8, 4) is 0 Å². The van der Waals surface area contributed by atoms with Crippen molar-refractivity contribution in [1.82, 2.24) is 0 Å². The van der Waals surface area contributed by atoms with Crippen LogP contribution in [0.5, 0.6) is 0 Å². The molecule has 1 atom stereocenters. The fraction of sp³-hybridized carbons (Fsp3) is 0.923. The van der Waals surface area contributed by atoms with E-state index in [0.717, 1.165) is 11.8 Å². The average Bonchev–Trinajstić information content (AvgIpc) is 2.21. The molecule has 4 rings (SSSR count). The van der Waals surface area contributed by atoms with Gasteiger partial charge in [-0.2, -0.15) is 0 Å². The molecule has 1 unspecified atom stereocenters. The molecule has 4 aliphatic carbocycles. The lowest BCUT2D eigenvalue weighted by molar-refractivity contribution is -0.149. The number of carboxylic acid groups (broad SMARTS) is 1. The predicted molar refractivity (Wildman–Crippen MR) is 58.8 cm³/mol. The lowest BCUT2D eigenvalue weighted by Gasteiger charge is -2.54. The van der Waals surface area contributed by atoms with Crippen molar-refractivity contribution in [2.45, 2.75) is 44.6 Å². The van der Waals surface area contributed by atoms with Gasteiger partial charge in [0.25, 0.3) is 0 Å². The Morgan fingerprint density at radius 3 is 2.00 bits per heavy atom. The summed E-state index contributed by atoms with van der Waals surface area (Å²) in [5.74, 6) is 2.70. The van der Waals surface area contributed by atoms with Crippen molar-refractivity contribution in [3.05, 3.63) is 0 Å². The Hall–Kier alpha value is -0.570. The van der Waals surface area contributed by atoms with E-state index in [0.29, 0.717) is 24.2 Å². The molecule has 4 aliphatic rings. The van der Waals surface area contributed by atoms with E-state index in [2.05, 4.69) is 0 Å². The van der Waals surface area contributed by atoms with Crippen LogP contribution in [0.25, 0.3) is 0 Å². The Kier molecular flexibility index (Phi) is 2.46. The average molecular weight is 224 g/mol. The smallest absolute Gasteiger partial charge is 0.332 e. The molecule has 0 aliphatic heterocycles. The molecular formula is C13H20O3. The van der Waals surface area contributed by atoms with Gasteiger partial charge in [-0.15, -0.1) is 0 Å². The van der Waals surface area contributed by atoms with E-state index < -0.39 is 12.1 Å². The number of aliphatic hydroxyl groups is 1. The molecule has 3 nitrogen and oxygen atoms in total. The molecule has 0 saturated heterocycles. The predicted octanol–water partition coefficient (Wildman–Crippen LogP) is 1.89. The summed E-state index contributed by atoms with van der Waals surface area (Å²) in [5, 5.41) is 18.3. The molecule has 0 aromatic carbocycles. The van der Waals surface area contributed by atoms with Crippen LogP contribution in [0.15, 0.2) is 0 Å². The molecule has 4 fully saturated rings. The van der Waals surface area contributed by atoms with Gasteiger partial charge >= 0.3 is 5.97 Å². The van der Waals surface area contributed by atoms with Crippen LogP contribution in [0.1, 0.15) is 38.5 Å². The Balaban J connectivity index is 1.70. The van der Waals surface area contributed by atoms with Crippen molar-refractivity contribution in [1.29, 1.82) is 0 Å². The number of hydrogen-bond acceptors (Lipinski definition) is 2. The fourth-order valence-electron chi connectivity index (χ4n) is 4.78. The van der Waals surface area contributed by atoms with E-state index >= 15 is 0 Å². The van der Waals surface area contributed by atoms with Gasteiger partial charge in [-0.1, -0.05) is 0 Å². The number of hydrogen-bond donors (Lipinski definition) is 2. The van der Waals surface area contributed by atoms with Crippen LogP contribution in [-0.4, -0.2) is 22.3 Å². The first-order valence-corrected chi connectivity index (χ1v) is 6.54. The van der Waals surface area contributed by atoms with Crippen LogP contribution in [0, 0.1) is 29.6 Å². The van der Waals surface area contributed by atoms with Gasteiger partial charge in [0.05, 0.1) is 0 Å². The van der Waals surface area contributed by atoms with Crippen LogP contribution in [0.4, 0.5) is 0 Å². The SMILES string of the molecule is O=C(O)C(O)CC1C2CC3CC(C2)CC1C3. The van der Waals surface area contributed by atoms with Crippen LogP contribution >= 0.6 is 0 Å². The molecule has 0 spiro atoms. The molecule has 0 radical (unpaired) electrons. The standard InChI is InChI=1S/C13H20O3/c14-12(13(15)16)6-11-9-2-7-1-8(4-9)5-10(11)3-7/h7-12,14H,1-6H2,(H,15,16). The highest BCUT2D eigenvalue weighted by atomic mass is 16.4. The minimum atomic E-state index is -1.14.